The second-order valence-electron chi connectivity index (χ2n) is 7.19. The van der Waals surface area contributed by atoms with E-state index < -0.39 is 49.7 Å². The zero-order chi connectivity index (χ0) is 24.8. The molecule has 13 heteroatoms. The molecule has 0 saturated carbocycles. The second kappa shape index (κ2) is 7.73. The van der Waals surface area contributed by atoms with E-state index in [0.717, 1.165) is 11.0 Å². The van der Waals surface area contributed by atoms with Crippen molar-refractivity contribution in [2.45, 2.75) is 25.3 Å². The minimum absolute atomic E-state index is 0.0313. The highest BCUT2D eigenvalue weighted by molar-refractivity contribution is 8.45. The SMILES string of the molecule is CCOc1cc2c(c(F)c1OCC)C(=N)N(CC(=O)c1cc(Cl)cc(S(F)(F)(F)(F)F)c1)C2. The quantitative estimate of drug-likeness (QED) is 0.304. The molecule has 2 aromatic carbocycles. The number of rotatable bonds is 8. The molecule has 0 spiro atoms. The molecule has 182 valence electrons. The number of Topliss-reactive ketones (excluding diaryl/α,β-unsaturated/α-hetero) is 1. The van der Waals surface area contributed by atoms with Crippen molar-refractivity contribution in [3.8, 4) is 11.5 Å². The number of hydrogen-bond acceptors (Lipinski definition) is 4. The van der Waals surface area contributed by atoms with Crippen molar-refractivity contribution < 1.29 is 38.1 Å². The summed E-state index contributed by atoms with van der Waals surface area (Å²) in [4.78, 5) is 11.4. The van der Waals surface area contributed by atoms with Crippen molar-refractivity contribution >= 4 is 33.4 Å². The van der Waals surface area contributed by atoms with Gasteiger partial charge in [0.1, 0.15) is 10.7 Å². The summed E-state index contributed by atoms with van der Waals surface area (Å²) < 4.78 is 91.7. The topological polar surface area (TPSA) is 62.6 Å². The van der Waals surface area contributed by atoms with Gasteiger partial charge in [0.2, 0.25) is 0 Å². The molecular weight excluding hydrogens is 498 g/mol. The van der Waals surface area contributed by atoms with Gasteiger partial charge in [-0.15, -0.1) is 0 Å². The van der Waals surface area contributed by atoms with Crippen molar-refractivity contribution in [2.24, 2.45) is 0 Å². The number of nitrogens with one attached hydrogen (secondary N) is 1. The van der Waals surface area contributed by atoms with Gasteiger partial charge in [0.15, 0.2) is 23.1 Å². The molecule has 5 nitrogen and oxygen atoms in total. The van der Waals surface area contributed by atoms with E-state index in [2.05, 4.69) is 0 Å². The number of carbonyl (C=O) groups excluding carboxylic acids is 1. The summed E-state index contributed by atoms with van der Waals surface area (Å²) in [5.74, 6) is -2.38. The fourth-order valence-electron chi connectivity index (χ4n) is 3.37. The molecule has 0 fully saturated rings. The van der Waals surface area contributed by atoms with Crippen LogP contribution in [0.5, 0.6) is 11.5 Å². The number of nitrogens with zero attached hydrogens (tertiary/aromatic N) is 1. The lowest BCUT2D eigenvalue weighted by Crippen LogP contribution is -2.30. The van der Waals surface area contributed by atoms with Crippen molar-refractivity contribution in [1.29, 1.82) is 5.41 Å². The second-order valence-corrected chi connectivity index (χ2v) is 10.0. The normalized spacial score (nSPS) is 15.7. The van der Waals surface area contributed by atoms with Crippen LogP contribution in [0.3, 0.4) is 0 Å². The standard InChI is InChI=1S/C20H19ClF6N2O3S/c1-3-31-16-7-12-9-29(20(28)17(12)18(22)19(16)32-4-2)10-15(30)11-5-13(21)8-14(6-11)33(23,24,25,26)27/h5-8,28H,3-4,9-10H2,1-2H3. The highest BCUT2D eigenvalue weighted by Crippen LogP contribution is 3.02. The van der Waals surface area contributed by atoms with Crippen molar-refractivity contribution in [3.05, 3.63) is 51.8 Å². The van der Waals surface area contributed by atoms with Crippen LogP contribution in [0, 0.1) is 11.2 Å². The minimum atomic E-state index is -10.1. The van der Waals surface area contributed by atoms with Crippen LogP contribution in [0.4, 0.5) is 23.8 Å². The molecule has 1 heterocycles. The van der Waals surface area contributed by atoms with Gasteiger partial charge in [0, 0.05) is 17.1 Å². The molecule has 0 saturated heterocycles. The van der Waals surface area contributed by atoms with E-state index in [1.165, 1.54) is 6.07 Å². The molecule has 3 rings (SSSR count). The monoisotopic (exact) mass is 516 g/mol. The van der Waals surface area contributed by atoms with E-state index in [9.17, 15) is 24.2 Å². The molecule has 0 atom stereocenters. The zero-order valence-electron chi connectivity index (χ0n) is 17.4. The Morgan fingerprint density at radius 2 is 1.73 bits per heavy atom. The fraction of sp³-hybridized carbons (Fsp3) is 0.300. The average molecular weight is 517 g/mol. The van der Waals surface area contributed by atoms with E-state index in [1.807, 2.05) is 0 Å². The number of ketones is 1. The third-order valence-corrected chi connectivity index (χ3v) is 6.09. The van der Waals surface area contributed by atoms with Gasteiger partial charge in [-0.25, -0.2) is 4.39 Å². The summed E-state index contributed by atoms with van der Waals surface area (Å²) in [6.45, 7) is 2.85. The Hall–Kier alpha value is -2.60. The van der Waals surface area contributed by atoms with Crippen molar-refractivity contribution in [3.63, 3.8) is 0 Å². The van der Waals surface area contributed by atoms with Gasteiger partial charge >= 0.3 is 10.2 Å². The summed E-state index contributed by atoms with van der Waals surface area (Å²) in [6.07, 6.45) is 0. The first-order valence-corrected chi connectivity index (χ1v) is 11.9. The van der Waals surface area contributed by atoms with Crippen LogP contribution in [-0.4, -0.2) is 36.3 Å². The average Bonchev–Trinajstić information content (AvgIpc) is 2.98. The van der Waals surface area contributed by atoms with Gasteiger partial charge in [0.25, 0.3) is 0 Å². The number of halogens is 7. The molecule has 0 aliphatic carbocycles. The largest absolute Gasteiger partial charge is 0.490 e. The van der Waals surface area contributed by atoms with Gasteiger partial charge < -0.3 is 14.4 Å². The highest BCUT2D eigenvalue weighted by atomic mass is 35.5. The van der Waals surface area contributed by atoms with Crippen LogP contribution >= 0.6 is 21.8 Å². The Kier molecular flexibility index (Phi) is 5.86. The smallest absolute Gasteiger partial charge is 0.310 e. The van der Waals surface area contributed by atoms with Crippen LogP contribution in [0.25, 0.3) is 0 Å². The van der Waals surface area contributed by atoms with E-state index in [4.69, 9.17) is 26.5 Å². The Morgan fingerprint density at radius 3 is 2.30 bits per heavy atom. The molecule has 0 bridgehead atoms. The molecule has 0 amide bonds. The Morgan fingerprint density at radius 1 is 1.09 bits per heavy atom. The zero-order valence-corrected chi connectivity index (χ0v) is 18.9. The van der Waals surface area contributed by atoms with Crippen LogP contribution in [0.15, 0.2) is 29.2 Å². The van der Waals surface area contributed by atoms with Gasteiger partial charge in [0.05, 0.1) is 25.3 Å². The van der Waals surface area contributed by atoms with E-state index in [-0.39, 0.29) is 49.0 Å². The Labute approximate surface area is 190 Å². The summed E-state index contributed by atoms with van der Waals surface area (Å²) in [6, 6.07) is 2.36. The molecule has 0 aromatic heterocycles. The van der Waals surface area contributed by atoms with Crippen LogP contribution in [-0.2, 0) is 6.54 Å². The number of ether oxygens (including phenoxy) is 2. The maximum absolute atomic E-state index is 15.1. The lowest BCUT2D eigenvalue weighted by Gasteiger charge is -2.40. The summed E-state index contributed by atoms with van der Waals surface area (Å²) in [5, 5.41) is 7.55. The molecule has 1 N–H and O–H groups in total. The highest BCUT2D eigenvalue weighted by Gasteiger charge is 2.65. The number of fused-ring (bicyclic) bond motifs is 1. The fourth-order valence-corrected chi connectivity index (χ4v) is 4.37. The van der Waals surface area contributed by atoms with Gasteiger partial charge in [-0.2, -0.15) is 0 Å². The number of benzene rings is 2. The van der Waals surface area contributed by atoms with Gasteiger partial charge in [-0.05, 0) is 43.7 Å². The van der Waals surface area contributed by atoms with E-state index in [0.29, 0.717) is 5.56 Å². The molecule has 0 unspecified atom stereocenters. The third-order valence-electron chi connectivity index (χ3n) is 4.75. The molecule has 0 radical (unpaired) electrons. The van der Waals surface area contributed by atoms with Crippen LogP contribution in [0.2, 0.25) is 5.02 Å². The number of amidine groups is 1. The maximum atomic E-state index is 15.1. The molecule has 33 heavy (non-hydrogen) atoms. The summed E-state index contributed by atoms with van der Waals surface area (Å²) >= 11 is 5.56. The minimum Gasteiger partial charge on any atom is -0.490 e. The maximum Gasteiger partial charge on any atom is 0.310 e. The lowest BCUT2D eigenvalue weighted by molar-refractivity contribution is 0.0962. The van der Waals surface area contributed by atoms with Gasteiger partial charge in [-0.3, -0.25) is 10.2 Å². The number of hydrogen-bond donors (Lipinski definition) is 1. The lowest BCUT2D eigenvalue weighted by atomic mass is 10.1. The molecule has 2 aromatic rings. The Balaban J connectivity index is 1.92. The summed E-state index contributed by atoms with van der Waals surface area (Å²) in [5.41, 5.74) is -0.551. The number of carbonyl (C=O) groups is 1. The van der Waals surface area contributed by atoms with Crippen LogP contribution in [0.1, 0.15) is 35.3 Å². The predicted molar refractivity (Wildman–Crippen MR) is 113 cm³/mol. The van der Waals surface area contributed by atoms with E-state index in [1.54, 1.807) is 13.8 Å². The van der Waals surface area contributed by atoms with Crippen molar-refractivity contribution in [1.82, 2.24) is 4.90 Å². The molecular formula is C20H19ClF6N2O3S. The first-order chi connectivity index (χ1) is 15.0. The summed E-state index contributed by atoms with van der Waals surface area (Å²) in [7, 11) is -10.1. The Bertz CT molecular complexity index is 1160. The third kappa shape index (κ3) is 5.16. The molecule has 1 aliphatic heterocycles. The van der Waals surface area contributed by atoms with Crippen molar-refractivity contribution in [2.75, 3.05) is 19.8 Å². The molecule has 1 aliphatic rings. The first-order valence-electron chi connectivity index (χ1n) is 9.58. The van der Waals surface area contributed by atoms with Crippen LogP contribution < -0.4 is 9.47 Å². The van der Waals surface area contributed by atoms with Gasteiger partial charge in [-0.1, -0.05) is 31.0 Å². The predicted octanol–water partition coefficient (Wildman–Crippen LogP) is 6.96. The first kappa shape index (κ1) is 25.0. The van der Waals surface area contributed by atoms with E-state index >= 15 is 4.39 Å².